The average Bonchev–Trinajstić information content (AvgIpc) is 3.60. The van der Waals surface area contributed by atoms with Crippen molar-refractivity contribution < 1.29 is 23.8 Å². The molecule has 0 atom stereocenters. The normalized spacial score (nSPS) is 15.1. The summed E-state index contributed by atoms with van der Waals surface area (Å²) in [4.78, 5) is 27.9. The molecule has 0 saturated carbocycles. The van der Waals surface area contributed by atoms with Gasteiger partial charge in [0.15, 0.2) is 11.8 Å². The number of nitrogens with zero attached hydrogens (tertiary/aromatic N) is 3. The summed E-state index contributed by atoms with van der Waals surface area (Å²) in [5.74, 6) is 0.334. The van der Waals surface area contributed by atoms with Crippen molar-refractivity contribution in [2.75, 3.05) is 11.9 Å². The molecule has 0 spiro atoms. The molecule has 1 aromatic heterocycles. The number of hydrogen-bond donors (Lipinski definition) is 2. The first-order valence-corrected chi connectivity index (χ1v) is 14.9. The van der Waals surface area contributed by atoms with E-state index in [1.54, 1.807) is 48.5 Å². The molecule has 5 rings (SSSR count). The Morgan fingerprint density at radius 1 is 1.14 bits per heavy atom. The molecule has 9 nitrogen and oxygen atoms in total. The molecule has 1 aliphatic heterocycles. The van der Waals surface area contributed by atoms with Gasteiger partial charge in [-0.1, -0.05) is 45.2 Å². The van der Waals surface area contributed by atoms with Crippen molar-refractivity contribution in [2.24, 2.45) is 10.2 Å². The second-order valence-electron chi connectivity index (χ2n) is 9.30. The van der Waals surface area contributed by atoms with Gasteiger partial charge in [0.1, 0.15) is 17.3 Å². The molecule has 218 valence electrons. The third-order valence-corrected chi connectivity index (χ3v) is 7.79. The van der Waals surface area contributed by atoms with Crippen LogP contribution in [0, 0.1) is 6.92 Å². The summed E-state index contributed by atoms with van der Waals surface area (Å²) < 4.78 is 12.1. The van der Waals surface area contributed by atoms with Crippen LogP contribution in [0.3, 0.4) is 0 Å². The number of carbonyl (C=O) groups is 2. The molecule has 1 aliphatic rings. The summed E-state index contributed by atoms with van der Waals surface area (Å²) in [5, 5.41) is 22.0. The van der Waals surface area contributed by atoms with Crippen molar-refractivity contribution in [1.29, 1.82) is 0 Å². The van der Waals surface area contributed by atoms with Crippen LogP contribution in [0.5, 0.6) is 11.5 Å². The number of phenolic OH excluding ortho intramolecular Hbond substituents is 1. The number of hydrogen-bond acceptors (Lipinski definition) is 8. The van der Waals surface area contributed by atoms with E-state index in [1.807, 2.05) is 31.2 Å². The number of phenols is 1. The average molecular weight is 680 g/mol. The molecule has 12 heteroatoms. The van der Waals surface area contributed by atoms with E-state index in [2.05, 4.69) is 31.4 Å². The van der Waals surface area contributed by atoms with E-state index in [4.69, 9.17) is 20.8 Å². The maximum Gasteiger partial charge on any atom is 0.267 e. The second-order valence-corrected chi connectivity index (χ2v) is 11.7. The SMILES string of the molecule is Cc1ccc(NC(=O)COc2ccc(Br)cc2/C=C2\S/C(=N\N=C\c3cc(Cl)ccc3O)N(Cc3ccco3)C2=O)cc1. The van der Waals surface area contributed by atoms with Gasteiger partial charge in [0, 0.05) is 26.3 Å². The van der Waals surface area contributed by atoms with Crippen molar-refractivity contribution in [3.63, 3.8) is 0 Å². The van der Waals surface area contributed by atoms with Crippen LogP contribution >= 0.6 is 39.3 Å². The van der Waals surface area contributed by atoms with E-state index in [0.717, 1.165) is 21.8 Å². The zero-order chi connectivity index (χ0) is 30.3. The number of anilines is 1. The highest BCUT2D eigenvalue weighted by Gasteiger charge is 2.34. The number of benzene rings is 3. The molecule has 1 saturated heterocycles. The van der Waals surface area contributed by atoms with Gasteiger partial charge in [-0.2, -0.15) is 5.10 Å². The zero-order valence-corrected chi connectivity index (χ0v) is 25.8. The maximum absolute atomic E-state index is 13.6. The van der Waals surface area contributed by atoms with Crippen molar-refractivity contribution in [3.8, 4) is 11.5 Å². The monoisotopic (exact) mass is 678 g/mol. The smallest absolute Gasteiger partial charge is 0.267 e. The third kappa shape index (κ3) is 7.95. The first-order valence-electron chi connectivity index (χ1n) is 12.9. The highest BCUT2D eigenvalue weighted by atomic mass is 79.9. The largest absolute Gasteiger partial charge is 0.507 e. The number of amides is 2. The molecule has 2 N–H and O–H groups in total. The molecule has 2 amide bonds. The lowest BCUT2D eigenvalue weighted by Gasteiger charge is -2.13. The van der Waals surface area contributed by atoms with Gasteiger partial charge >= 0.3 is 0 Å². The molecule has 0 radical (unpaired) electrons. The maximum atomic E-state index is 13.6. The fourth-order valence-electron chi connectivity index (χ4n) is 3.93. The fourth-order valence-corrected chi connectivity index (χ4v) is 5.42. The number of rotatable bonds is 9. The quantitative estimate of drug-likeness (QED) is 0.110. The van der Waals surface area contributed by atoms with E-state index in [-0.39, 0.29) is 30.7 Å². The number of carbonyl (C=O) groups excluding carboxylic acids is 2. The minimum absolute atomic E-state index is 0.00809. The third-order valence-electron chi connectivity index (χ3n) is 6.06. The Kier molecular flexibility index (Phi) is 9.65. The predicted molar refractivity (Wildman–Crippen MR) is 172 cm³/mol. The summed E-state index contributed by atoms with van der Waals surface area (Å²) in [6, 6.07) is 20.8. The first-order chi connectivity index (χ1) is 20.7. The Morgan fingerprint density at radius 2 is 1.95 bits per heavy atom. The van der Waals surface area contributed by atoms with Crippen molar-refractivity contribution in [2.45, 2.75) is 13.5 Å². The lowest BCUT2D eigenvalue weighted by atomic mass is 10.2. The summed E-state index contributed by atoms with van der Waals surface area (Å²) in [7, 11) is 0. The van der Waals surface area contributed by atoms with Crippen LogP contribution in [0.2, 0.25) is 5.02 Å². The van der Waals surface area contributed by atoms with E-state index >= 15 is 0 Å². The molecule has 0 unspecified atom stereocenters. The lowest BCUT2D eigenvalue weighted by Crippen LogP contribution is -2.28. The predicted octanol–water partition coefficient (Wildman–Crippen LogP) is 7.23. The van der Waals surface area contributed by atoms with Crippen molar-refractivity contribution in [3.05, 3.63) is 116 Å². The number of halogens is 2. The fraction of sp³-hybridized carbons (Fsp3) is 0.0968. The van der Waals surface area contributed by atoms with Gasteiger partial charge in [0.05, 0.1) is 23.9 Å². The van der Waals surface area contributed by atoms with E-state index in [9.17, 15) is 14.7 Å². The summed E-state index contributed by atoms with van der Waals surface area (Å²) in [6.45, 7) is 1.87. The molecule has 0 aliphatic carbocycles. The minimum atomic E-state index is -0.320. The Hall–Kier alpha value is -4.32. The lowest BCUT2D eigenvalue weighted by molar-refractivity contribution is -0.122. The molecular weight excluding hydrogens is 656 g/mol. The Labute approximate surface area is 265 Å². The van der Waals surface area contributed by atoms with E-state index in [1.165, 1.54) is 23.4 Å². The number of thioether (sulfide) groups is 1. The van der Waals surface area contributed by atoms with Gasteiger partial charge in [-0.05, 0) is 85.4 Å². The number of aromatic hydroxyl groups is 1. The highest BCUT2D eigenvalue weighted by Crippen LogP contribution is 2.36. The van der Waals surface area contributed by atoms with Crippen molar-refractivity contribution >= 4 is 74.3 Å². The minimum Gasteiger partial charge on any atom is -0.507 e. The Bertz CT molecular complexity index is 1740. The molecule has 3 aromatic carbocycles. The van der Waals surface area contributed by atoms with Gasteiger partial charge in [0.25, 0.3) is 11.8 Å². The van der Waals surface area contributed by atoms with Crippen LogP contribution in [-0.2, 0) is 16.1 Å². The molecule has 4 aromatic rings. The van der Waals surface area contributed by atoms with Crippen LogP contribution in [0.15, 0.2) is 103 Å². The van der Waals surface area contributed by atoms with Crippen LogP contribution in [0.1, 0.15) is 22.5 Å². The summed E-state index contributed by atoms with van der Waals surface area (Å²) in [5.41, 5.74) is 2.72. The van der Waals surface area contributed by atoms with Crippen LogP contribution in [0.25, 0.3) is 6.08 Å². The zero-order valence-electron chi connectivity index (χ0n) is 22.7. The standard InChI is InChI=1S/C31H24BrClN4O5S/c1-19-4-8-24(9-5-19)35-29(39)18-42-27-11-6-22(32)13-20(27)15-28-30(40)37(17-25-3-2-12-41-25)31(43-28)36-34-16-21-14-23(33)7-10-26(21)38/h2-16,38H,17-18H2,1H3,(H,35,39)/b28-15-,34-16+,36-31-. The second kappa shape index (κ2) is 13.8. The number of aryl methyl sites for hydroxylation is 1. The summed E-state index contributed by atoms with van der Waals surface area (Å²) in [6.07, 6.45) is 4.56. The van der Waals surface area contributed by atoms with Crippen LogP contribution in [0.4, 0.5) is 5.69 Å². The molecule has 43 heavy (non-hydrogen) atoms. The van der Waals surface area contributed by atoms with Crippen LogP contribution in [-0.4, -0.2) is 39.8 Å². The van der Waals surface area contributed by atoms with Gasteiger partial charge in [-0.15, -0.1) is 5.10 Å². The Morgan fingerprint density at radius 3 is 2.72 bits per heavy atom. The van der Waals surface area contributed by atoms with Crippen LogP contribution < -0.4 is 10.1 Å². The molecular formula is C31H24BrClN4O5S. The number of amidine groups is 1. The number of ether oxygens (including phenoxy) is 1. The molecule has 2 heterocycles. The number of furan rings is 1. The van der Waals surface area contributed by atoms with Gasteiger partial charge in [0.2, 0.25) is 0 Å². The van der Waals surface area contributed by atoms with Crippen molar-refractivity contribution in [1.82, 2.24) is 4.90 Å². The molecule has 0 bridgehead atoms. The number of nitrogens with one attached hydrogen (secondary N) is 1. The Balaban J connectivity index is 1.38. The highest BCUT2D eigenvalue weighted by molar-refractivity contribution is 9.10. The van der Waals surface area contributed by atoms with Gasteiger partial charge < -0.3 is 19.6 Å². The van der Waals surface area contributed by atoms with E-state index in [0.29, 0.717) is 43.4 Å². The van der Waals surface area contributed by atoms with Gasteiger partial charge in [-0.25, -0.2) is 0 Å². The topological polar surface area (TPSA) is 117 Å². The summed E-state index contributed by atoms with van der Waals surface area (Å²) >= 11 is 10.6. The molecule has 1 fully saturated rings. The van der Waals surface area contributed by atoms with E-state index < -0.39 is 0 Å². The van der Waals surface area contributed by atoms with Gasteiger partial charge in [-0.3, -0.25) is 14.5 Å². The first kappa shape index (κ1) is 30.1.